The van der Waals surface area contributed by atoms with Crippen molar-refractivity contribution < 1.29 is 13.7 Å². The van der Waals surface area contributed by atoms with Gasteiger partial charge in [0.05, 0.1) is 10.6 Å². The maximum Gasteiger partial charge on any atom is 0.267 e. The van der Waals surface area contributed by atoms with Gasteiger partial charge in [0.15, 0.2) is 5.82 Å². The van der Waals surface area contributed by atoms with Gasteiger partial charge in [-0.15, -0.1) is 23.1 Å². The lowest BCUT2D eigenvalue weighted by Crippen LogP contribution is -2.30. The number of nitrogens with zero attached hydrogens (tertiary/aromatic N) is 3. The molecule has 0 spiro atoms. The molecule has 0 saturated carbocycles. The molecular formula is C18H16FN3O2S2. The standard InChI is InChI=1S/C18H16FN3O2S2/c19-13-3-5-14(6-4-13)26-11-16(23)22-8-7-12(10-22)17-20-18(24-21-17)15-2-1-9-25-15/h1-6,9,12H,7-8,10-11H2/t12-/m1/s1. The second-order valence-electron chi connectivity index (χ2n) is 6.00. The van der Waals surface area contributed by atoms with E-state index in [0.29, 0.717) is 30.6 Å². The van der Waals surface area contributed by atoms with Crippen LogP contribution in [0, 0.1) is 5.82 Å². The summed E-state index contributed by atoms with van der Waals surface area (Å²) in [6.45, 7) is 1.29. The van der Waals surface area contributed by atoms with Crippen LogP contribution >= 0.6 is 23.1 Å². The van der Waals surface area contributed by atoms with Crippen molar-refractivity contribution >= 4 is 29.0 Å². The van der Waals surface area contributed by atoms with Gasteiger partial charge < -0.3 is 9.42 Å². The molecule has 1 amide bonds. The van der Waals surface area contributed by atoms with Gasteiger partial charge in [-0.25, -0.2) is 4.39 Å². The van der Waals surface area contributed by atoms with Crippen LogP contribution in [0.3, 0.4) is 0 Å². The van der Waals surface area contributed by atoms with Crippen molar-refractivity contribution in [3.63, 3.8) is 0 Å². The number of hydrogen-bond donors (Lipinski definition) is 0. The Bertz CT molecular complexity index is 880. The Hall–Kier alpha value is -2.19. The predicted molar refractivity (Wildman–Crippen MR) is 98.7 cm³/mol. The van der Waals surface area contributed by atoms with E-state index in [-0.39, 0.29) is 17.6 Å². The number of thioether (sulfide) groups is 1. The first-order valence-corrected chi connectivity index (χ1v) is 10.1. The Morgan fingerprint density at radius 2 is 2.19 bits per heavy atom. The number of thiophene rings is 1. The third-order valence-corrected chi connectivity index (χ3v) is 6.11. The highest BCUT2D eigenvalue weighted by molar-refractivity contribution is 8.00. The lowest BCUT2D eigenvalue weighted by molar-refractivity contribution is -0.127. The summed E-state index contributed by atoms with van der Waals surface area (Å²) in [6.07, 6.45) is 0.830. The number of rotatable bonds is 5. The lowest BCUT2D eigenvalue weighted by atomic mass is 10.1. The SMILES string of the molecule is O=C(CSc1ccc(F)cc1)N1CC[C@@H](c2noc(-c3cccs3)n2)C1. The molecule has 3 heterocycles. The summed E-state index contributed by atoms with van der Waals surface area (Å²) in [5, 5.41) is 6.06. The number of aromatic nitrogens is 2. The van der Waals surface area contributed by atoms with Crippen LogP contribution in [0.2, 0.25) is 0 Å². The average molecular weight is 389 g/mol. The molecule has 5 nitrogen and oxygen atoms in total. The van der Waals surface area contributed by atoms with Gasteiger partial charge in [0.25, 0.3) is 5.89 Å². The molecule has 1 fully saturated rings. The molecule has 0 radical (unpaired) electrons. The van der Waals surface area contributed by atoms with E-state index in [1.807, 2.05) is 22.4 Å². The van der Waals surface area contributed by atoms with Gasteiger partial charge in [0, 0.05) is 23.9 Å². The molecule has 1 aliphatic heterocycles. The van der Waals surface area contributed by atoms with E-state index in [2.05, 4.69) is 10.1 Å². The molecule has 8 heteroatoms. The van der Waals surface area contributed by atoms with Crippen molar-refractivity contribution in [2.24, 2.45) is 0 Å². The first-order valence-electron chi connectivity index (χ1n) is 8.22. The van der Waals surface area contributed by atoms with Gasteiger partial charge in [-0.2, -0.15) is 4.98 Å². The molecule has 2 aromatic heterocycles. The van der Waals surface area contributed by atoms with Crippen molar-refractivity contribution in [1.82, 2.24) is 15.0 Å². The molecule has 1 saturated heterocycles. The fourth-order valence-electron chi connectivity index (χ4n) is 2.87. The Labute approximate surface area is 158 Å². The van der Waals surface area contributed by atoms with E-state index in [9.17, 15) is 9.18 Å². The summed E-state index contributed by atoms with van der Waals surface area (Å²) >= 11 is 2.97. The summed E-state index contributed by atoms with van der Waals surface area (Å²) in [5.74, 6) is 1.44. The molecule has 26 heavy (non-hydrogen) atoms. The van der Waals surface area contributed by atoms with Crippen molar-refractivity contribution in [1.29, 1.82) is 0 Å². The minimum atomic E-state index is -0.273. The van der Waals surface area contributed by atoms with Crippen LogP contribution in [0.25, 0.3) is 10.8 Å². The Kier molecular flexibility index (Phi) is 5.03. The van der Waals surface area contributed by atoms with E-state index in [1.54, 1.807) is 23.5 Å². The van der Waals surface area contributed by atoms with E-state index < -0.39 is 0 Å². The van der Waals surface area contributed by atoms with Gasteiger partial charge in [0.1, 0.15) is 5.82 Å². The van der Waals surface area contributed by atoms with Gasteiger partial charge in [-0.05, 0) is 42.1 Å². The number of halogens is 1. The average Bonchev–Trinajstić information content (AvgIpc) is 3.41. The second-order valence-corrected chi connectivity index (χ2v) is 8.00. The number of benzene rings is 1. The van der Waals surface area contributed by atoms with Crippen molar-refractivity contribution in [2.75, 3.05) is 18.8 Å². The topological polar surface area (TPSA) is 59.2 Å². The van der Waals surface area contributed by atoms with Crippen LogP contribution in [0.5, 0.6) is 0 Å². The molecule has 1 aliphatic rings. The van der Waals surface area contributed by atoms with Gasteiger partial charge in [0.2, 0.25) is 5.91 Å². The highest BCUT2D eigenvalue weighted by atomic mass is 32.2. The van der Waals surface area contributed by atoms with Gasteiger partial charge >= 0.3 is 0 Å². The molecule has 0 N–H and O–H groups in total. The molecule has 3 aromatic rings. The van der Waals surface area contributed by atoms with Gasteiger partial charge in [-0.3, -0.25) is 4.79 Å². The van der Waals surface area contributed by atoms with Crippen LogP contribution in [0.15, 0.2) is 51.2 Å². The van der Waals surface area contributed by atoms with Crippen molar-refractivity contribution in [3.05, 3.63) is 53.4 Å². The smallest absolute Gasteiger partial charge is 0.267 e. The minimum Gasteiger partial charge on any atom is -0.341 e. The molecule has 1 atom stereocenters. The van der Waals surface area contributed by atoms with Crippen LogP contribution in [0.1, 0.15) is 18.2 Å². The first-order chi connectivity index (χ1) is 12.7. The summed E-state index contributed by atoms with van der Waals surface area (Å²) in [5.41, 5.74) is 0. The maximum atomic E-state index is 12.9. The lowest BCUT2D eigenvalue weighted by Gasteiger charge is -2.15. The maximum absolute atomic E-state index is 12.9. The zero-order chi connectivity index (χ0) is 17.9. The van der Waals surface area contributed by atoms with E-state index in [0.717, 1.165) is 16.2 Å². The number of amides is 1. The summed E-state index contributed by atoms with van der Waals surface area (Å²) < 4.78 is 18.3. The molecular weight excluding hydrogens is 373 g/mol. The quantitative estimate of drug-likeness (QED) is 0.616. The van der Waals surface area contributed by atoms with Gasteiger partial charge in [-0.1, -0.05) is 11.2 Å². The predicted octanol–water partition coefficient (Wildman–Crippen LogP) is 4.05. The van der Waals surface area contributed by atoms with Crippen LogP contribution < -0.4 is 0 Å². The molecule has 1 aromatic carbocycles. The van der Waals surface area contributed by atoms with E-state index >= 15 is 0 Å². The van der Waals surface area contributed by atoms with Crippen LogP contribution in [-0.4, -0.2) is 39.8 Å². The summed E-state index contributed by atoms with van der Waals surface area (Å²) in [7, 11) is 0. The van der Waals surface area contributed by atoms with Crippen LogP contribution in [0.4, 0.5) is 4.39 Å². The Morgan fingerprint density at radius 3 is 2.96 bits per heavy atom. The minimum absolute atomic E-state index is 0.0730. The summed E-state index contributed by atoms with van der Waals surface area (Å²) in [6, 6.07) is 10.1. The third kappa shape index (κ3) is 3.81. The zero-order valence-electron chi connectivity index (χ0n) is 13.8. The van der Waals surface area contributed by atoms with Crippen LogP contribution in [-0.2, 0) is 4.79 Å². The summed E-state index contributed by atoms with van der Waals surface area (Å²) in [4.78, 5) is 20.6. The molecule has 134 valence electrons. The Morgan fingerprint density at radius 1 is 1.35 bits per heavy atom. The van der Waals surface area contributed by atoms with E-state index in [1.165, 1.54) is 23.9 Å². The van der Waals surface area contributed by atoms with Crippen molar-refractivity contribution in [3.8, 4) is 10.8 Å². The third-order valence-electron chi connectivity index (χ3n) is 4.26. The zero-order valence-corrected chi connectivity index (χ0v) is 15.4. The van der Waals surface area contributed by atoms with Crippen molar-refractivity contribution in [2.45, 2.75) is 17.2 Å². The molecule has 4 rings (SSSR count). The fourth-order valence-corrected chi connectivity index (χ4v) is 4.31. The number of hydrogen-bond acceptors (Lipinski definition) is 6. The second kappa shape index (κ2) is 7.59. The largest absolute Gasteiger partial charge is 0.341 e. The molecule has 0 unspecified atom stereocenters. The first kappa shape index (κ1) is 17.2. The molecule has 0 aliphatic carbocycles. The molecule has 0 bridgehead atoms. The normalized spacial score (nSPS) is 17.0. The monoisotopic (exact) mass is 389 g/mol. The number of likely N-dealkylation sites (tertiary alicyclic amines) is 1. The Balaban J connectivity index is 1.33. The number of carbonyl (C=O) groups is 1. The number of carbonyl (C=O) groups excluding carboxylic acids is 1. The fraction of sp³-hybridized carbons (Fsp3) is 0.278. The van der Waals surface area contributed by atoms with E-state index in [4.69, 9.17) is 4.52 Å². The highest BCUT2D eigenvalue weighted by Crippen LogP contribution is 2.29. The highest BCUT2D eigenvalue weighted by Gasteiger charge is 2.30.